The van der Waals surface area contributed by atoms with Crippen LogP contribution in [0.3, 0.4) is 0 Å². The zero-order valence-electron chi connectivity index (χ0n) is 14.5. The van der Waals surface area contributed by atoms with Crippen molar-refractivity contribution < 1.29 is 24.2 Å². The number of aliphatic hydroxyl groups is 1. The highest BCUT2D eigenvalue weighted by atomic mass is 35.5. The summed E-state index contributed by atoms with van der Waals surface area (Å²) in [7, 11) is 1.23. The molecular formula is C17H20ClN3O5. The summed E-state index contributed by atoms with van der Waals surface area (Å²) in [6.07, 6.45) is 0. The molecule has 1 heterocycles. The van der Waals surface area contributed by atoms with Crippen molar-refractivity contribution in [1.82, 2.24) is 10.2 Å². The van der Waals surface area contributed by atoms with E-state index in [1.807, 2.05) is 0 Å². The molecule has 0 aliphatic carbocycles. The number of esters is 1. The van der Waals surface area contributed by atoms with Gasteiger partial charge in [0.05, 0.1) is 36.4 Å². The SMILES string of the molecule is CCNC(=O)c1ccc(NC2=C(C(=O)OC)CN(CCO)C2=O)cc1Cl. The first kappa shape index (κ1) is 19.7. The van der Waals surface area contributed by atoms with Gasteiger partial charge in [0, 0.05) is 18.8 Å². The zero-order valence-corrected chi connectivity index (χ0v) is 15.2. The van der Waals surface area contributed by atoms with Gasteiger partial charge in [0.15, 0.2) is 0 Å². The average molecular weight is 382 g/mol. The Labute approximate surface area is 155 Å². The summed E-state index contributed by atoms with van der Waals surface area (Å²) in [6, 6.07) is 4.61. The van der Waals surface area contributed by atoms with Crippen molar-refractivity contribution in [1.29, 1.82) is 0 Å². The largest absolute Gasteiger partial charge is 0.466 e. The maximum atomic E-state index is 12.5. The van der Waals surface area contributed by atoms with Gasteiger partial charge in [-0.3, -0.25) is 9.59 Å². The number of β-amino-alcohol motifs (C(OH)–C–C–N with tert-alkyl or cyclic N) is 1. The maximum absolute atomic E-state index is 12.5. The van der Waals surface area contributed by atoms with E-state index in [4.69, 9.17) is 21.4 Å². The Morgan fingerprint density at radius 1 is 1.38 bits per heavy atom. The predicted octanol–water partition coefficient (Wildman–Crippen LogP) is 0.763. The molecule has 2 amide bonds. The van der Waals surface area contributed by atoms with Gasteiger partial charge in [0.1, 0.15) is 5.70 Å². The normalized spacial score (nSPS) is 13.8. The molecule has 3 N–H and O–H groups in total. The third-order valence-electron chi connectivity index (χ3n) is 3.77. The predicted molar refractivity (Wildman–Crippen MR) is 95.8 cm³/mol. The van der Waals surface area contributed by atoms with Crippen LogP contribution in [0, 0.1) is 0 Å². The van der Waals surface area contributed by atoms with Gasteiger partial charge in [0.25, 0.3) is 11.8 Å². The number of halogens is 1. The Balaban J connectivity index is 2.29. The lowest BCUT2D eigenvalue weighted by Gasteiger charge is -2.15. The van der Waals surface area contributed by atoms with Crippen molar-refractivity contribution in [2.24, 2.45) is 0 Å². The van der Waals surface area contributed by atoms with Gasteiger partial charge in [-0.15, -0.1) is 0 Å². The van der Waals surface area contributed by atoms with Gasteiger partial charge < -0.3 is 25.4 Å². The van der Waals surface area contributed by atoms with Crippen molar-refractivity contribution in [3.8, 4) is 0 Å². The molecule has 26 heavy (non-hydrogen) atoms. The van der Waals surface area contributed by atoms with Crippen molar-refractivity contribution in [2.75, 3.05) is 38.7 Å². The third-order valence-corrected chi connectivity index (χ3v) is 4.09. The molecule has 1 aliphatic rings. The molecular weight excluding hydrogens is 362 g/mol. The van der Waals surface area contributed by atoms with E-state index in [2.05, 4.69) is 10.6 Å². The van der Waals surface area contributed by atoms with Gasteiger partial charge in [-0.25, -0.2) is 4.79 Å². The molecule has 1 aromatic carbocycles. The Hall–Kier alpha value is -2.58. The van der Waals surface area contributed by atoms with Gasteiger partial charge in [-0.2, -0.15) is 0 Å². The molecule has 0 unspecified atom stereocenters. The number of ether oxygens (including phenoxy) is 1. The van der Waals surface area contributed by atoms with Crippen LogP contribution in [0.4, 0.5) is 5.69 Å². The number of rotatable bonds is 7. The molecule has 2 rings (SSSR count). The first-order chi connectivity index (χ1) is 12.4. The lowest BCUT2D eigenvalue weighted by Crippen LogP contribution is -2.31. The topological polar surface area (TPSA) is 108 Å². The summed E-state index contributed by atoms with van der Waals surface area (Å²) < 4.78 is 4.72. The number of anilines is 1. The molecule has 0 saturated carbocycles. The number of carbonyl (C=O) groups excluding carboxylic acids is 3. The van der Waals surface area contributed by atoms with Crippen LogP contribution in [0.2, 0.25) is 5.02 Å². The number of nitrogens with zero attached hydrogens (tertiary/aromatic N) is 1. The first-order valence-electron chi connectivity index (χ1n) is 7.99. The number of carbonyl (C=O) groups is 3. The van der Waals surface area contributed by atoms with Crippen LogP contribution in [0.5, 0.6) is 0 Å². The highest BCUT2D eigenvalue weighted by molar-refractivity contribution is 6.34. The van der Waals surface area contributed by atoms with E-state index < -0.39 is 11.9 Å². The van der Waals surface area contributed by atoms with E-state index in [1.54, 1.807) is 13.0 Å². The molecule has 0 saturated heterocycles. The van der Waals surface area contributed by atoms with Crippen LogP contribution in [0.1, 0.15) is 17.3 Å². The fourth-order valence-electron chi connectivity index (χ4n) is 2.53. The van der Waals surface area contributed by atoms with E-state index in [0.717, 1.165) is 0 Å². The lowest BCUT2D eigenvalue weighted by molar-refractivity contribution is -0.136. The van der Waals surface area contributed by atoms with Gasteiger partial charge in [0.2, 0.25) is 0 Å². The fourth-order valence-corrected chi connectivity index (χ4v) is 2.79. The van der Waals surface area contributed by atoms with Gasteiger partial charge >= 0.3 is 5.97 Å². The second kappa shape index (κ2) is 8.68. The molecule has 8 nitrogen and oxygen atoms in total. The molecule has 0 spiro atoms. The monoisotopic (exact) mass is 381 g/mol. The number of aliphatic hydroxyl groups excluding tert-OH is 1. The van der Waals surface area contributed by atoms with Crippen molar-refractivity contribution >= 4 is 35.1 Å². The van der Waals surface area contributed by atoms with Gasteiger partial charge in [-0.05, 0) is 25.1 Å². The smallest absolute Gasteiger partial charge is 0.337 e. The standard InChI is InChI=1S/C17H20ClN3O5/c1-3-19-15(23)11-5-4-10(8-13(11)18)20-14-12(17(25)26-2)9-21(6-7-22)16(14)24/h4-5,8,20,22H,3,6-7,9H2,1-2H3,(H,19,23). The number of amides is 2. The molecule has 0 aromatic heterocycles. The Bertz CT molecular complexity index is 763. The zero-order chi connectivity index (χ0) is 19.3. The second-order valence-electron chi connectivity index (χ2n) is 5.47. The van der Waals surface area contributed by atoms with Crippen LogP contribution in [0.15, 0.2) is 29.5 Å². The molecule has 0 atom stereocenters. The minimum absolute atomic E-state index is 0.0408. The van der Waals surface area contributed by atoms with Crippen LogP contribution < -0.4 is 10.6 Å². The Morgan fingerprint density at radius 3 is 2.69 bits per heavy atom. The summed E-state index contributed by atoms with van der Waals surface area (Å²) in [5.74, 6) is -1.36. The molecule has 140 valence electrons. The van der Waals surface area contributed by atoms with Crippen molar-refractivity contribution in [2.45, 2.75) is 6.92 Å². The molecule has 1 aliphatic heterocycles. The number of methoxy groups -OCH3 is 1. The minimum Gasteiger partial charge on any atom is -0.466 e. The van der Waals surface area contributed by atoms with Crippen LogP contribution >= 0.6 is 11.6 Å². The van der Waals surface area contributed by atoms with Crippen LogP contribution in [0.25, 0.3) is 0 Å². The molecule has 0 radical (unpaired) electrons. The highest BCUT2D eigenvalue weighted by Gasteiger charge is 2.34. The number of hydrogen-bond donors (Lipinski definition) is 3. The van der Waals surface area contributed by atoms with Crippen LogP contribution in [-0.4, -0.2) is 61.1 Å². The Morgan fingerprint density at radius 2 is 2.12 bits per heavy atom. The number of nitrogens with one attached hydrogen (secondary N) is 2. The molecule has 9 heteroatoms. The fraction of sp³-hybridized carbons (Fsp3) is 0.353. The van der Waals surface area contributed by atoms with Crippen molar-refractivity contribution in [3.05, 3.63) is 40.1 Å². The van der Waals surface area contributed by atoms with E-state index in [9.17, 15) is 14.4 Å². The van der Waals surface area contributed by atoms with E-state index >= 15 is 0 Å². The molecule has 1 aromatic rings. The summed E-state index contributed by atoms with van der Waals surface area (Å²) in [5, 5.41) is 14.8. The number of benzene rings is 1. The summed E-state index contributed by atoms with van der Waals surface area (Å²) in [6.45, 7) is 2.19. The van der Waals surface area contributed by atoms with E-state index in [-0.39, 0.29) is 41.9 Å². The van der Waals surface area contributed by atoms with Crippen molar-refractivity contribution in [3.63, 3.8) is 0 Å². The minimum atomic E-state index is -0.633. The summed E-state index contributed by atoms with van der Waals surface area (Å²) in [5.41, 5.74) is 0.974. The maximum Gasteiger partial charge on any atom is 0.337 e. The summed E-state index contributed by atoms with van der Waals surface area (Å²) in [4.78, 5) is 37.6. The van der Waals surface area contributed by atoms with Gasteiger partial charge in [-0.1, -0.05) is 11.6 Å². The molecule has 0 bridgehead atoms. The quantitative estimate of drug-likeness (QED) is 0.602. The number of hydrogen-bond acceptors (Lipinski definition) is 6. The average Bonchev–Trinajstić information content (AvgIpc) is 2.91. The van der Waals surface area contributed by atoms with E-state index in [1.165, 1.54) is 24.1 Å². The second-order valence-corrected chi connectivity index (χ2v) is 5.88. The highest BCUT2D eigenvalue weighted by Crippen LogP contribution is 2.26. The summed E-state index contributed by atoms with van der Waals surface area (Å²) >= 11 is 6.15. The lowest BCUT2D eigenvalue weighted by atomic mass is 10.1. The Kier molecular flexibility index (Phi) is 6.59. The van der Waals surface area contributed by atoms with Crippen LogP contribution in [-0.2, 0) is 14.3 Å². The third kappa shape index (κ3) is 4.14. The van der Waals surface area contributed by atoms with E-state index in [0.29, 0.717) is 17.8 Å². The first-order valence-corrected chi connectivity index (χ1v) is 8.37. The molecule has 0 fully saturated rings.